The minimum absolute atomic E-state index is 0.520. The number of hydrazine groups is 1. The molecule has 1 rings (SSSR count). The van der Waals surface area contributed by atoms with Crippen molar-refractivity contribution in [3.05, 3.63) is 29.3 Å². The van der Waals surface area contributed by atoms with Crippen LogP contribution in [0.1, 0.15) is 0 Å². The van der Waals surface area contributed by atoms with Crippen LogP contribution in [-0.2, 0) is 4.74 Å². The Morgan fingerprint density at radius 2 is 2.06 bits per heavy atom. The van der Waals surface area contributed by atoms with Gasteiger partial charge in [-0.25, -0.2) is 0 Å². The number of nitrogens with one attached hydrogen (secondary N) is 3. The third-order valence-corrected chi connectivity index (χ3v) is 2.25. The van der Waals surface area contributed by atoms with E-state index in [1.807, 2.05) is 12.1 Å². The fourth-order valence-electron chi connectivity index (χ4n) is 0.973. The van der Waals surface area contributed by atoms with E-state index in [0.717, 1.165) is 5.69 Å². The Balaban J connectivity index is 2.23. The van der Waals surface area contributed by atoms with Crippen LogP contribution in [0.25, 0.3) is 0 Å². The van der Waals surface area contributed by atoms with Crippen LogP contribution in [0, 0.1) is 0 Å². The van der Waals surface area contributed by atoms with E-state index in [1.165, 1.54) is 0 Å². The Kier molecular flexibility index (Phi) is 5.92. The van der Waals surface area contributed by atoms with Crippen molar-refractivity contribution in [2.24, 2.45) is 0 Å². The summed E-state index contributed by atoms with van der Waals surface area (Å²) in [6.45, 7) is 1.29. The molecule has 0 radical (unpaired) electrons. The van der Waals surface area contributed by atoms with Crippen molar-refractivity contribution in [2.45, 2.75) is 0 Å². The van der Waals surface area contributed by atoms with E-state index in [4.69, 9.17) is 28.6 Å². The highest BCUT2D eigenvalue weighted by atomic mass is 35.5. The van der Waals surface area contributed by atoms with Crippen molar-refractivity contribution in [3.63, 3.8) is 0 Å². The monoisotopic (exact) mass is 259 g/mol. The van der Waals surface area contributed by atoms with E-state index >= 15 is 0 Å². The summed E-state index contributed by atoms with van der Waals surface area (Å²) in [5.74, 6) is 0. The van der Waals surface area contributed by atoms with Crippen molar-refractivity contribution in [2.75, 3.05) is 25.7 Å². The molecular weight excluding hydrogens is 246 g/mol. The lowest BCUT2D eigenvalue weighted by molar-refractivity contribution is 0.204. The van der Waals surface area contributed by atoms with E-state index in [0.29, 0.717) is 23.3 Å². The summed E-state index contributed by atoms with van der Waals surface area (Å²) in [5, 5.41) is 4.19. The standard InChI is InChI=1S/C10H14ClN3OS/c1-15-7-6-12-10(16)14-13-9-4-2-8(11)3-5-9/h2-5,13H,6-7H2,1H3,(H2,12,14,16). The van der Waals surface area contributed by atoms with Gasteiger partial charge in [-0.15, -0.1) is 0 Å². The fraction of sp³-hybridized carbons (Fsp3) is 0.300. The Hall–Kier alpha value is -1.04. The van der Waals surface area contributed by atoms with Gasteiger partial charge in [-0.1, -0.05) is 11.6 Å². The molecule has 0 amide bonds. The van der Waals surface area contributed by atoms with E-state index in [-0.39, 0.29) is 0 Å². The topological polar surface area (TPSA) is 45.3 Å². The van der Waals surface area contributed by atoms with Gasteiger partial charge in [-0.3, -0.25) is 10.9 Å². The van der Waals surface area contributed by atoms with Crippen LogP contribution in [0.5, 0.6) is 0 Å². The van der Waals surface area contributed by atoms with Crippen molar-refractivity contribution in [1.29, 1.82) is 0 Å². The number of hydrogen-bond acceptors (Lipinski definition) is 3. The Morgan fingerprint density at radius 1 is 1.38 bits per heavy atom. The number of thiocarbonyl (C=S) groups is 1. The number of hydrogen-bond donors (Lipinski definition) is 3. The minimum Gasteiger partial charge on any atom is -0.383 e. The lowest BCUT2D eigenvalue weighted by Crippen LogP contribution is -2.40. The third kappa shape index (κ3) is 5.16. The summed E-state index contributed by atoms with van der Waals surface area (Å²) in [4.78, 5) is 0. The number of benzene rings is 1. The maximum Gasteiger partial charge on any atom is 0.185 e. The first-order valence-electron chi connectivity index (χ1n) is 4.76. The van der Waals surface area contributed by atoms with E-state index in [1.54, 1.807) is 19.2 Å². The predicted octanol–water partition coefficient (Wildman–Crippen LogP) is 1.78. The van der Waals surface area contributed by atoms with Crippen LogP contribution in [-0.4, -0.2) is 25.4 Å². The molecule has 0 aliphatic rings. The zero-order valence-electron chi connectivity index (χ0n) is 8.92. The van der Waals surface area contributed by atoms with Gasteiger partial charge in [0.25, 0.3) is 0 Å². The maximum absolute atomic E-state index is 5.76. The third-order valence-electron chi connectivity index (χ3n) is 1.76. The summed E-state index contributed by atoms with van der Waals surface area (Å²) < 4.78 is 4.88. The number of methoxy groups -OCH3 is 1. The highest BCUT2D eigenvalue weighted by Gasteiger charge is 1.94. The van der Waals surface area contributed by atoms with Crippen molar-refractivity contribution < 1.29 is 4.74 Å². The number of rotatable bonds is 5. The molecule has 0 atom stereocenters. The molecule has 1 aromatic rings. The van der Waals surface area contributed by atoms with Crippen molar-refractivity contribution in [1.82, 2.24) is 10.7 Å². The highest BCUT2D eigenvalue weighted by Crippen LogP contribution is 2.12. The van der Waals surface area contributed by atoms with Gasteiger partial charge < -0.3 is 10.1 Å². The quantitative estimate of drug-likeness (QED) is 0.427. The summed E-state index contributed by atoms with van der Waals surface area (Å²) >= 11 is 10.8. The molecule has 3 N–H and O–H groups in total. The number of halogens is 1. The number of ether oxygens (including phenoxy) is 1. The van der Waals surface area contributed by atoms with Crippen molar-refractivity contribution in [3.8, 4) is 0 Å². The first-order valence-corrected chi connectivity index (χ1v) is 5.55. The first-order chi connectivity index (χ1) is 7.72. The molecule has 16 heavy (non-hydrogen) atoms. The molecule has 0 bridgehead atoms. The van der Waals surface area contributed by atoms with Gasteiger partial charge in [0.1, 0.15) is 0 Å². The summed E-state index contributed by atoms with van der Waals surface area (Å²) in [6, 6.07) is 7.31. The molecule has 1 aromatic carbocycles. The molecule has 0 aliphatic carbocycles. The molecular formula is C10H14ClN3OS. The molecule has 0 saturated heterocycles. The van der Waals surface area contributed by atoms with Crippen LogP contribution in [0.4, 0.5) is 5.69 Å². The average Bonchev–Trinajstić information content (AvgIpc) is 2.29. The van der Waals surface area contributed by atoms with Crippen LogP contribution >= 0.6 is 23.8 Å². The van der Waals surface area contributed by atoms with Crippen molar-refractivity contribution >= 4 is 34.6 Å². The largest absolute Gasteiger partial charge is 0.383 e. The molecule has 0 aliphatic heterocycles. The maximum atomic E-state index is 5.76. The van der Waals surface area contributed by atoms with Gasteiger partial charge in [0, 0.05) is 18.7 Å². The average molecular weight is 260 g/mol. The smallest absolute Gasteiger partial charge is 0.185 e. The number of anilines is 1. The summed E-state index contributed by atoms with van der Waals surface area (Å²) in [6.07, 6.45) is 0. The molecule has 0 saturated carbocycles. The van der Waals surface area contributed by atoms with Crippen LogP contribution in [0.3, 0.4) is 0 Å². The lowest BCUT2D eigenvalue weighted by Gasteiger charge is -2.12. The second-order valence-electron chi connectivity index (χ2n) is 3.01. The molecule has 0 spiro atoms. The van der Waals surface area contributed by atoms with Crippen LogP contribution in [0.15, 0.2) is 24.3 Å². The van der Waals surface area contributed by atoms with Gasteiger partial charge in [0.2, 0.25) is 0 Å². The highest BCUT2D eigenvalue weighted by molar-refractivity contribution is 7.80. The zero-order chi connectivity index (χ0) is 11.8. The van der Waals surface area contributed by atoms with Gasteiger partial charge in [0.15, 0.2) is 5.11 Å². The Morgan fingerprint density at radius 3 is 2.69 bits per heavy atom. The molecule has 0 aromatic heterocycles. The fourth-order valence-corrected chi connectivity index (χ4v) is 1.25. The van der Waals surface area contributed by atoms with E-state index < -0.39 is 0 Å². The molecule has 4 nitrogen and oxygen atoms in total. The Bertz CT molecular complexity index is 331. The first kappa shape index (κ1) is 13.0. The summed E-state index contributed by atoms with van der Waals surface area (Å²) in [5.41, 5.74) is 6.68. The van der Waals surface area contributed by atoms with Gasteiger partial charge in [-0.05, 0) is 36.5 Å². The summed E-state index contributed by atoms with van der Waals surface area (Å²) in [7, 11) is 1.64. The lowest BCUT2D eigenvalue weighted by atomic mass is 10.3. The Labute approximate surface area is 105 Å². The molecule has 88 valence electrons. The SMILES string of the molecule is COCCNC(=S)NNc1ccc(Cl)cc1. The second-order valence-corrected chi connectivity index (χ2v) is 3.85. The van der Waals surface area contributed by atoms with Crippen LogP contribution in [0.2, 0.25) is 5.02 Å². The van der Waals surface area contributed by atoms with E-state index in [9.17, 15) is 0 Å². The normalized spacial score (nSPS) is 9.62. The van der Waals surface area contributed by atoms with Gasteiger partial charge in [-0.2, -0.15) is 0 Å². The minimum atomic E-state index is 0.520. The van der Waals surface area contributed by atoms with Gasteiger partial charge in [0.05, 0.1) is 12.3 Å². The second kappa shape index (κ2) is 7.27. The molecule has 6 heteroatoms. The van der Waals surface area contributed by atoms with Gasteiger partial charge >= 0.3 is 0 Å². The van der Waals surface area contributed by atoms with E-state index in [2.05, 4.69) is 16.2 Å². The molecule has 0 fully saturated rings. The predicted molar refractivity (Wildman–Crippen MR) is 70.7 cm³/mol. The molecule has 0 unspecified atom stereocenters. The van der Waals surface area contributed by atoms with Crippen LogP contribution < -0.4 is 16.2 Å². The molecule has 0 heterocycles. The zero-order valence-corrected chi connectivity index (χ0v) is 10.5.